The standard InChI is InChI=1S/C23H32O4/c1-21-7-3-16(25)12-15(21)11-14(13-24)20-17(21)4-8-22(2)18(20)5-9-23(22)10-6-19(26)27-23/h4,12-14,16,18-20,25-26H,3,5-11H2,1-2H3/t14-,16?,18?,19?,20?,21-,22-,23+/m0/s1. The normalized spacial score (nSPS) is 54.0. The van der Waals surface area contributed by atoms with Gasteiger partial charge in [-0.05, 0) is 56.8 Å². The van der Waals surface area contributed by atoms with Crippen LogP contribution in [0.3, 0.4) is 0 Å². The molecule has 2 saturated carbocycles. The van der Waals surface area contributed by atoms with Crippen molar-refractivity contribution >= 4 is 6.29 Å². The first kappa shape index (κ1) is 18.1. The minimum atomic E-state index is -0.633. The monoisotopic (exact) mass is 372 g/mol. The summed E-state index contributed by atoms with van der Waals surface area (Å²) >= 11 is 0. The SMILES string of the molecule is C[C@]12CCC(O)C=C1C[C@@H](C=O)C1C2=CC[C@@]2(C)C1CC[C@@]21CCC(O)O1. The summed E-state index contributed by atoms with van der Waals surface area (Å²) < 4.78 is 6.17. The first-order valence-corrected chi connectivity index (χ1v) is 10.7. The van der Waals surface area contributed by atoms with Crippen molar-refractivity contribution in [1.29, 1.82) is 0 Å². The van der Waals surface area contributed by atoms with Gasteiger partial charge in [-0.25, -0.2) is 0 Å². The highest BCUT2D eigenvalue weighted by molar-refractivity contribution is 5.60. The first-order valence-electron chi connectivity index (χ1n) is 10.7. The van der Waals surface area contributed by atoms with Crippen LogP contribution in [0.2, 0.25) is 0 Å². The maximum absolute atomic E-state index is 12.1. The number of ether oxygens (including phenoxy) is 1. The summed E-state index contributed by atoms with van der Waals surface area (Å²) in [5.41, 5.74) is 2.47. The molecular formula is C23H32O4. The minimum Gasteiger partial charge on any atom is -0.389 e. The van der Waals surface area contributed by atoms with E-state index in [1.54, 1.807) is 0 Å². The smallest absolute Gasteiger partial charge is 0.155 e. The Balaban J connectivity index is 1.59. The van der Waals surface area contributed by atoms with Crippen LogP contribution in [-0.2, 0) is 9.53 Å². The summed E-state index contributed by atoms with van der Waals surface area (Å²) in [6.07, 6.45) is 11.9. The summed E-state index contributed by atoms with van der Waals surface area (Å²) in [4.78, 5) is 12.1. The van der Waals surface area contributed by atoms with E-state index < -0.39 is 6.29 Å². The van der Waals surface area contributed by atoms with E-state index >= 15 is 0 Å². The van der Waals surface area contributed by atoms with Crippen molar-refractivity contribution < 1.29 is 19.7 Å². The second-order valence-electron chi connectivity index (χ2n) is 10.2. The molecule has 1 heterocycles. The molecule has 1 aliphatic heterocycles. The fraction of sp³-hybridized carbons (Fsp3) is 0.783. The van der Waals surface area contributed by atoms with E-state index in [0.717, 1.165) is 51.4 Å². The molecule has 4 nitrogen and oxygen atoms in total. The van der Waals surface area contributed by atoms with Crippen LogP contribution >= 0.6 is 0 Å². The van der Waals surface area contributed by atoms with Crippen LogP contribution in [0.4, 0.5) is 0 Å². The maximum atomic E-state index is 12.1. The summed E-state index contributed by atoms with van der Waals surface area (Å²) in [6, 6.07) is 0. The Morgan fingerprint density at radius 3 is 2.63 bits per heavy atom. The zero-order chi connectivity index (χ0) is 19.0. The number of aliphatic hydroxyl groups is 2. The second-order valence-corrected chi connectivity index (χ2v) is 10.2. The van der Waals surface area contributed by atoms with Gasteiger partial charge in [0.2, 0.25) is 0 Å². The molecule has 4 heteroatoms. The fourth-order valence-electron chi connectivity index (χ4n) is 7.61. The molecule has 2 N–H and O–H groups in total. The summed E-state index contributed by atoms with van der Waals surface area (Å²) in [6.45, 7) is 4.67. The molecule has 27 heavy (non-hydrogen) atoms. The molecule has 3 fully saturated rings. The van der Waals surface area contributed by atoms with E-state index in [-0.39, 0.29) is 34.4 Å². The quantitative estimate of drug-likeness (QED) is 0.546. The number of hydrogen-bond donors (Lipinski definition) is 2. The third-order valence-electron chi connectivity index (χ3n) is 9.18. The Bertz CT molecular complexity index is 726. The van der Waals surface area contributed by atoms with Crippen molar-refractivity contribution in [2.45, 2.75) is 83.2 Å². The van der Waals surface area contributed by atoms with Gasteiger partial charge in [0.05, 0.1) is 11.7 Å². The van der Waals surface area contributed by atoms with Gasteiger partial charge in [0.15, 0.2) is 6.29 Å². The van der Waals surface area contributed by atoms with Crippen LogP contribution in [0.15, 0.2) is 23.3 Å². The predicted octanol–water partition coefficient (Wildman–Crippen LogP) is 3.52. The molecule has 0 aromatic carbocycles. The van der Waals surface area contributed by atoms with Gasteiger partial charge in [-0.2, -0.15) is 0 Å². The van der Waals surface area contributed by atoms with E-state index in [0.29, 0.717) is 5.92 Å². The molecule has 4 unspecified atom stereocenters. The summed E-state index contributed by atoms with van der Waals surface area (Å²) in [7, 11) is 0. The molecule has 0 aromatic heterocycles. The Hall–Kier alpha value is -0.970. The van der Waals surface area contributed by atoms with Crippen LogP contribution in [0.1, 0.15) is 65.2 Å². The van der Waals surface area contributed by atoms with Gasteiger partial charge >= 0.3 is 0 Å². The van der Waals surface area contributed by atoms with E-state index in [4.69, 9.17) is 4.74 Å². The number of aliphatic hydroxyl groups excluding tert-OH is 2. The first-order chi connectivity index (χ1) is 12.8. The maximum Gasteiger partial charge on any atom is 0.155 e. The van der Waals surface area contributed by atoms with Gasteiger partial charge in [-0.15, -0.1) is 0 Å². The van der Waals surface area contributed by atoms with E-state index in [9.17, 15) is 15.0 Å². The fourth-order valence-corrected chi connectivity index (χ4v) is 7.61. The predicted molar refractivity (Wildman–Crippen MR) is 102 cm³/mol. The molecule has 0 aromatic rings. The average Bonchev–Trinajstić information content (AvgIpc) is 3.16. The van der Waals surface area contributed by atoms with Gasteiger partial charge in [0, 0.05) is 23.2 Å². The highest BCUT2D eigenvalue weighted by Crippen LogP contribution is 2.69. The molecule has 148 valence electrons. The van der Waals surface area contributed by atoms with Gasteiger partial charge in [0.25, 0.3) is 0 Å². The summed E-state index contributed by atoms with van der Waals surface area (Å²) in [5.74, 6) is 0.703. The lowest BCUT2D eigenvalue weighted by molar-refractivity contribution is -0.182. The van der Waals surface area contributed by atoms with Crippen LogP contribution in [0.5, 0.6) is 0 Å². The molecule has 0 bridgehead atoms. The molecule has 5 rings (SSSR count). The van der Waals surface area contributed by atoms with E-state index in [1.807, 2.05) is 6.08 Å². The Kier molecular flexibility index (Phi) is 3.87. The minimum absolute atomic E-state index is 0.00344. The number of carbonyl (C=O) groups excluding carboxylic acids is 1. The zero-order valence-electron chi connectivity index (χ0n) is 16.5. The Labute approximate surface area is 161 Å². The molecule has 1 saturated heterocycles. The number of aldehydes is 1. The second kappa shape index (κ2) is 5.77. The average molecular weight is 373 g/mol. The van der Waals surface area contributed by atoms with E-state index in [2.05, 4.69) is 19.9 Å². The number of carbonyl (C=O) groups is 1. The molecule has 8 atom stereocenters. The number of hydrogen-bond acceptors (Lipinski definition) is 4. The Morgan fingerprint density at radius 1 is 1.15 bits per heavy atom. The van der Waals surface area contributed by atoms with Crippen molar-refractivity contribution in [3.8, 4) is 0 Å². The lowest BCUT2D eigenvalue weighted by Crippen LogP contribution is -2.53. The van der Waals surface area contributed by atoms with Crippen molar-refractivity contribution in [3.05, 3.63) is 23.3 Å². The van der Waals surface area contributed by atoms with Crippen molar-refractivity contribution in [2.24, 2.45) is 28.6 Å². The van der Waals surface area contributed by atoms with Crippen LogP contribution in [0, 0.1) is 28.6 Å². The van der Waals surface area contributed by atoms with Crippen LogP contribution < -0.4 is 0 Å². The molecule has 0 amide bonds. The van der Waals surface area contributed by atoms with E-state index in [1.165, 1.54) is 17.4 Å². The highest BCUT2D eigenvalue weighted by atomic mass is 16.6. The number of fused-ring (bicyclic) bond motifs is 6. The van der Waals surface area contributed by atoms with Crippen LogP contribution in [0.25, 0.3) is 0 Å². The highest BCUT2D eigenvalue weighted by Gasteiger charge is 2.65. The molecule has 4 aliphatic carbocycles. The van der Waals surface area contributed by atoms with Crippen molar-refractivity contribution in [2.75, 3.05) is 0 Å². The van der Waals surface area contributed by atoms with Crippen molar-refractivity contribution in [3.63, 3.8) is 0 Å². The molecule has 0 radical (unpaired) electrons. The molecular weight excluding hydrogens is 340 g/mol. The van der Waals surface area contributed by atoms with Gasteiger partial charge < -0.3 is 19.7 Å². The zero-order valence-corrected chi connectivity index (χ0v) is 16.5. The third kappa shape index (κ3) is 2.24. The summed E-state index contributed by atoms with van der Waals surface area (Å²) in [5, 5.41) is 20.2. The van der Waals surface area contributed by atoms with Gasteiger partial charge in [0.1, 0.15) is 6.29 Å². The lowest BCUT2D eigenvalue weighted by atomic mass is 9.48. The number of allylic oxidation sites excluding steroid dienone is 3. The molecule has 1 spiro atoms. The Morgan fingerprint density at radius 2 is 1.93 bits per heavy atom. The van der Waals surface area contributed by atoms with Gasteiger partial charge in [-0.3, -0.25) is 0 Å². The topological polar surface area (TPSA) is 66.8 Å². The van der Waals surface area contributed by atoms with Crippen LogP contribution in [-0.4, -0.2) is 34.5 Å². The number of rotatable bonds is 1. The lowest BCUT2D eigenvalue weighted by Gasteiger charge is -2.57. The molecule has 5 aliphatic rings. The van der Waals surface area contributed by atoms with Gasteiger partial charge in [-0.1, -0.05) is 37.1 Å². The largest absolute Gasteiger partial charge is 0.389 e. The van der Waals surface area contributed by atoms with Crippen molar-refractivity contribution in [1.82, 2.24) is 0 Å². The third-order valence-corrected chi connectivity index (χ3v) is 9.18.